The first-order valence-electron chi connectivity index (χ1n) is 9.01. The smallest absolute Gasteiger partial charge is 0.243 e. The number of carbonyl (C=O) groups is 1. The highest BCUT2D eigenvalue weighted by Gasteiger charge is 2.27. The maximum absolute atomic E-state index is 12.5. The molecule has 0 spiro atoms. The molecule has 1 heterocycles. The van der Waals surface area contributed by atoms with Crippen LogP contribution in [0, 0.1) is 6.92 Å². The summed E-state index contributed by atoms with van der Waals surface area (Å²) in [4.78, 5) is 13.7. The van der Waals surface area contributed by atoms with Gasteiger partial charge in [0.1, 0.15) is 0 Å². The van der Waals surface area contributed by atoms with Gasteiger partial charge in [-0.1, -0.05) is 17.7 Å². The van der Waals surface area contributed by atoms with Gasteiger partial charge >= 0.3 is 0 Å². The molecule has 0 aromatic heterocycles. The van der Waals surface area contributed by atoms with E-state index in [9.17, 15) is 13.2 Å². The Kier molecular flexibility index (Phi) is 6.24. The molecule has 0 saturated carbocycles. The fraction of sp³-hybridized carbons (Fsp3) is 0.350. The second-order valence-electron chi connectivity index (χ2n) is 6.70. The van der Waals surface area contributed by atoms with Crippen LogP contribution in [-0.4, -0.2) is 37.0 Å². The zero-order valence-electron chi connectivity index (χ0n) is 15.5. The molecule has 27 heavy (non-hydrogen) atoms. The van der Waals surface area contributed by atoms with Crippen LogP contribution in [0.3, 0.4) is 0 Å². The number of hydrogen-bond donors (Lipinski definition) is 1. The van der Waals surface area contributed by atoms with Crippen LogP contribution in [0.1, 0.15) is 25.3 Å². The van der Waals surface area contributed by atoms with Gasteiger partial charge in [-0.2, -0.15) is 4.31 Å². The average Bonchev–Trinajstić information content (AvgIpc) is 3.19. The van der Waals surface area contributed by atoms with Crippen LogP contribution >= 0.6 is 11.8 Å². The SMILES string of the molecule is Cc1ccc(S[C@H](C)C(=O)Nc2ccc(S(=O)(=O)N3CCCC3)cc2)cc1. The number of rotatable bonds is 6. The lowest BCUT2D eigenvalue weighted by molar-refractivity contribution is -0.115. The number of benzene rings is 2. The van der Waals surface area contributed by atoms with Gasteiger partial charge in [0.25, 0.3) is 0 Å². The van der Waals surface area contributed by atoms with Gasteiger partial charge < -0.3 is 5.32 Å². The summed E-state index contributed by atoms with van der Waals surface area (Å²) >= 11 is 1.49. The molecule has 2 aromatic carbocycles. The summed E-state index contributed by atoms with van der Waals surface area (Å²) in [5.41, 5.74) is 1.78. The fourth-order valence-corrected chi connectivity index (χ4v) is 5.29. The molecule has 0 radical (unpaired) electrons. The molecule has 3 rings (SSSR count). The summed E-state index contributed by atoms with van der Waals surface area (Å²) in [6.45, 7) is 5.04. The third-order valence-electron chi connectivity index (χ3n) is 4.53. The van der Waals surface area contributed by atoms with Gasteiger partial charge in [-0.15, -0.1) is 11.8 Å². The maximum atomic E-state index is 12.5. The Balaban J connectivity index is 1.61. The molecule has 144 valence electrons. The first-order chi connectivity index (χ1) is 12.9. The highest BCUT2D eigenvalue weighted by Crippen LogP contribution is 2.25. The second-order valence-corrected chi connectivity index (χ2v) is 10.1. The molecule has 1 amide bonds. The molecule has 7 heteroatoms. The number of aryl methyl sites for hydroxylation is 1. The minimum Gasteiger partial charge on any atom is -0.325 e. The summed E-state index contributed by atoms with van der Waals surface area (Å²) in [7, 11) is -3.43. The van der Waals surface area contributed by atoms with Gasteiger partial charge in [-0.25, -0.2) is 8.42 Å². The number of thioether (sulfide) groups is 1. The van der Waals surface area contributed by atoms with Gasteiger partial charge in [0.2, 0.25) is 15.9 Å². The van der Waals surface area contributed by atoms with Crippen molar-refractivity contribution in [2.75, 3.05) is 18.4 Å². The number of anilines is 1. The summed E-state index contributed by atoms with van der Waals surface area (Å²) < 4.78 is 26.6. The quantitative estimate of drug-likeness (QED) is 0.742. The van der Waals surface area contributed by atoms with E-state index >= 15 is 0 Å². The van der Waals surface area contributed by atoms with E-state index < -0.39 is 10.0 Å². The third-order valence-corrected chi connectivity index (χ3v) is 7.55. The van der Waals surface area contributed by atoms with E-state index in [1.807, 2.05) is 38.1 Å². The van der Waals surface area contributed by atoms with Crippen molar-refractivity contribution in [2.45, 2.75) is 41.7 Å². The monoisotopic (exact) mass is 404 g/mol. The Labute approximate surface area is 165 Å². The van der Waals surface area contributed by atoms with Gasteiger partial charge in [-0.3, -0.25) is 4.79 Å². The average molecular weight is 405 g/mol. The molecule has 0 unspecified atom stereocenters. The van der Waals surface area contributed by atoms with Gasteiger partial charge in [0.05, 0.1) is 10.1 Å². The Morgan fingerprint density at radius 3 is 2.22 bits per heavy atom. The van der Waals surface area contributed by atoms with E-state index in [1.54, 1.807) is 24.3 Å². The number of hydrogen-bond acceptors (Lipinski definition) is 4. The Hall–Kier alpha value is -1.83. The second kappa shape index (κ2) is 8.46. The zero-order chi connectivity index (χ0) is 19.4. The summed E-state index contributed by atoms with van der Waals surface area (Å²) in [6.07, 6.45) is 1.81. The predicted molar refractivity (Wildman–Crippen MR) is 110 cm³/mol. The lowest BCUT2D eigenvalue weighted by atomic mass is 10.2. The third kappa shape index (κ3) is 4.91. The van der Waals surface area contributed by atoms with Crippen molar-refractivity contribution in [2.24, 2.45) is 0 Å². The first kappa shape index (κ1) is 19.9. The summed E-state index contributed by atoms with van der Waals surface area (Å²) in [6, 6.07) is 14.4. The summed E-state index contributed by atoms with van der Waals surface area (Å²) in [5, 5.41) is 2.59. The molecule has 1 aliphatic heterocycles. The van der Waals surface area contributed by atoms with E-state index in [-0.39, 0.29) is 16.1 Å². The highest BCUT2D eigenvalue weighted by molar-refractivity contribution is 8.00. The van der Waals surface area contributed by atoms with Crippen LogP contribution in [0.2, 0.25) is 0 Å². The minimum absolute atomic E-state index is 0.115. The van der Waals surface area contributed by atoms with Gasteiger partial charge in [-0.05, 0) is 63.1 Å². The maximum Gasteiger partial charge on any atom is 0.243 e. The van der Waals surface area contributed by atoms with Crippen LogP contribution in [0.5, 0.6) is 0 Å². The first-order valence-corrected chi connectivity index (χ1v) is 11.3. The van der Waals surface area contributed by atoms with Gasteiger partial charge in [0.15, 0.2) is 0 Å². The van der Waals surface area contributed by atoms with Crippen LogP contribution < -0.4 is 5.32 Å². The van der Waals surface area contributed by atoms with Crippen molar-refractivity contribution in [3.63, 3.8) is 0 Å². The fourth-order valence-electron chi connectivity index (χ4n) is 2.91. The van der Waals surface area contributed by atoms with E-state index in [0.717, 1.165) is 17.7 Å². The zero-order valence-corrected chi connectivity index (χ0v) is 17.1. The minimum atomic E-state index is -3.43. The Morgan fingerprint density at radius 1 is 1.04 bits per heavy atom. The van der Waals surface area contributed by atoms with Crippen LogP contribution in [-0.2, 0) is 14.8 Å². The van der Waals surface area contributed by atoms with Crippen LogP contribution in [0.4, 0.5) is 5.69 Å². The van der Waals surface area contributed by atoms with Crippen molar-refractivity contribution in [3.05, 3.63) is 54.1 Å². The largest absolute Gasteiger partial charge is 0.325 e. The Bertz CT molecular complexity index is 888. The molecule has 0 aliphatic carbocycles. The number of carbonyl (C=O) groups excluding carboxylic acids is 1. The topological polar surface area (TPSA) is 66.5 Å². The lowest BCUT2D eigenvalue weighted by Crippen LogP contribution is -2.27. The number of amides is 1. The van der Waals surface area contributed by atoms with Crippen LogP contribution in [0.25, 0.3) is 0 Å². The molecule has 2 aromatic rings. The Morgan fingerprint density at radius 2 is 1.63 bits per heavy atom. The molecular weight excluding hydrogens is 380 g/mol. The van der Waals surface area contributed by atoms with Crippen molar-refractivity contribution in [3.8, 4) is 0 Å². The van der Waals surface area contributed by atoms with E-state index in [4.69, 9.17) is 0 Å². The predicted octanol–water partition coefficient (Wildman–Crippen LogP) is 3.90. The van der Waals surface area contributed by atoms with Crippen molar-refractivity contribution in [1.29, 1.82) is 0 Å². The highest BCUT2D eigenvalue weighted by atomic mass is 32.2. The molecule has 1 atom stereocenters. The molecule has 1 N–H and O–H groups in total. The van der Waals surface area contributed by atoms with E-state index in [1.165, 1.54) is 21.6 Å². The number of nitrogens with one attached hydrogen (secondary N) is 1. The van der Waals surface area contributed by atoms with Crippen molar-refractivity contribution >= 4 is 33.4 Å². The standard InChI is InChI=1S/C20H24N2O3S2/c1-15-5-9-18(10-6-15)26-16(2)20(23)21-17-7-11-19(12-8-17)27(24,25)22-13-3-4-14-22/h5-12,16H,3-4,13-14H2,1-2H3,(H,21,23)/t16-/m1/s1. The van der Waals surface area contributed by atoms with Crippen molar-refractivity contribution < 1.29 is 13.2 Å². The number of nitrogens with zero attached hydrogens (tertiary/aromatic N) is 1. The van der Waals surface area contributed by atoms with E-state index in [0.29, 0.717) is 18.8 Å². The molecule has 0 bridgehead atoms. The molecule has 1 fully saturated rings. The van der Waals surface area contributed by atoms with Gasteiger partial charge in [0, 0.05) is 23.7 Å². The summed E-state index contributed by atoms with van der Waals surface area (Å²) in [5.74, 6) is -0.115. The van der Waals surface area contributed by atoms with Crippen LogP contribution in [0.15, 0.2) is 58.3 Å². The molecule has 1 aliphatic rings. The van der Waals surface area contributed by atoms with E-state index in [2.05, 4.69) is 5.32 Å². The van der Waals surface area contributed by atoms with Crippen molar-refractivity contribution in [1.82, 2.24) is 4.31 Å². The number of sulfonamides is 1. The molecule has 5 nitrogen and oxygen atoms in total. The lowest BCUT2D eigenvalue weighted by Gasteiger charge is -2.16. The molecular formula is C20H24N2O3S2. The normalized spacial score (nSPS) is 16.2. The molecule has 1 saturated heterocycles.